The topological polar surface area (TPSA) is 50.4 Å². The molecule has 2 heterocycles. The average molecular weight is 330 g/mol. The lowest BCUT2D eigenvalue weighted by atomic mass is 9.74. The molecule has 5 heteroatoms. The van der Waals surface area contributed by atoms with E-state index in [4.69, 9.17) is 4.74 Å². The summed E-state index contributed by atoms with van der Waals surface area (Å²) in [4.78, 5) is 13.3. The number of benzene rings is 1. The molecule has 0 unspecified atom stereocenters. The van der Waals surface area contributed by atoms with Crippen molar-refractivity contribution in [3.05, 3.63) is 58.3 Å². The molecular weight excluding hydrogens is 308 g/mol. The lowest BCUT2D eigenvalue weighted by Gasteiger charge is -2.38. The standard InChI is InChI=1S/C18H22N2O2S/c21-17(19-13-16-7-4-12-23-16)20-14-18(8-10-22-11-9-18)15-5-2-1-3-6-15/h1-7,12H,8-11,13-14H2,(H2,19,20,21). The monoisotopic (exact) mass is 330 g/mol. The van der Waals surface area contributed by atoms with Crippen LogP contribution >= 0.6 is 11.3 Å². The van der Waals surface area contributed by atoms with Crippen molar-refractivity contribution in [2.75, 3.05) is 19.8 Å². The second kappa shape index (κ2) is 7.62. The molecule has 4 nitrogen and oxygen atoms in total. The van der Waals surface area contributed by atoms with Gasteiger partial charge in [-0.15, -0.1) is 11.3 Å². The van der Waals surface area contributed by atoms with Gasteiger partial charge in [-0.2, -0.15) is 0 Å². The van der Waals surface area contributed by atoms with Crippen LogP contribution in [0.4, 0.5) is 4.79 Å². The highest BCUT2D eigenvalue weighted by Crippen LogP contribution is 2.34. The third-order valence-corrected chi connectivity index (χ3v) is 5.30. The number of ether oxygens (including phenoxy) is 1. The molecule has 1 aliphatic heterocycles. The van der Waals surface area contributed by atoms with Crippen molar-refractivity contribution in [2.45, 2.75) is 24.8 Å². The number of thiophene rings is 1. The SMILES string of the molecule is O=C(NCc1cccs1)NCC1(c2ccccc2)CCOCC1. The highest BCUT2D eigenvalue weighted by molar-refractivity contribution is 7.09. The molecule has 0 radical (unpaired) electrons. The molecule has 1 saturated heterocycles. The molecule has 0 spiro atoms. The van der Waals surface area contributed by atoms with Crippen LogP contribution in [0.2, 0.25) is 0 Å². The third-order valence-electron chi connectivity index (χ3n) is 4.43. The second-order valence-corrected chi connectivity index (χ2v) is 6.91. The van der Waals surface area contributed by atoms with Crippen molar-refractivity contribution in [2.24, 2.45) is 0 Å². The molecule has 0 saturated carbocycles. The van der Waals surface area contributed by atoms with E-state index in [9.17, 15) is 4.79 Å². The van der Waals surface area contributed by atoms with Gasteiger partial charge in [-0.05, 0) is 29.9 Å². The number of hydrogen-bond donors (Lipinski definition) is 2. The molecular formula is C18H22N2O2S. The molecule has 1 aromatic carbocycles. The Labute approximate surface area is 140 Å². The van der Waals surface area contributed by atoms with Gasteiger partial charge in [0.15, 0.2) is 0 Å². The zero-order chi connectivity index (χ0) is 16.0. The Kier molecular flexibility index (Phi) is 5.31. The summed E-state index contributed by atoms with van der Waals surface area (Å²) in [7, 11) is 0. The number of urea groups is 1. The van der Waals surface area contributed by atoms with Gasteiger partial charge in [0.05, 0.1) is 6.54 Å². The van der Waals surface area contributed by atoms with Gasteiger partial charge in [0.1, 0.15) is 0 Å². The van der Waals surface area contributed by atoms with E-state index in [1.54, 1.807) is 11.3 Å². The first-order valence-electron chi connectivity index (χ1n) is 7.96. The Bertz CT molecular complexity index is 607. The molecule has 1 aromatic heterocycles. The first kappa shape index (κ1) is 16.0. The number of rotatable bonds is 5. The minimum Gasteiger partial charge on any atom is -0.381 e. The Hall–Kier alpha value is -1.85. The largest absolute Gasteiger partial charge is 0.381 e. The molecule has 2 N–H and O–H groups in total. The summed E-state index contributed by atoms with van der Waals surface area (Å²) < 4.78 is 5.52. The van der Waals surface area contributed by atoms with Crippen LogP contribution < -0.4 is 10.6 Å². The Morgan fingerprint density at radius 1 is 1.09 bits per heavy atom. The van der Waals surface area contributed by atoms with Crippen LogP contribution in [-0.4, -0.2) is 25.8 Å². The quantitative estimate of drug-likeness (QED) is 0.884. The Balaban J connectivity index is 1.59. The van der Waals surface area contributed by atoms with Crippen LogP contribution in [0.5, 0.6) is 0 Å². The molecule has 122 valence electrons. The molecule has 0 bridgehead atoms. The molecule has 2 amide bonds. The number of amides is 2. The summed E-state index contributed by atoms with van der Waals surface area (Å²) in [6.45, 7) is 2.70. The highest BCUT2D eigenvalue weighted by Gasteiger charge is 2.34. The average Bonchev–Trinajstić information content (AvgIpc) is 3.13. The number of carbonyl (C=O) groups is 1. The van der Waals surface area contributed by atoms with Crippen LogP contribution in [0, 0.1) is 0 Å². The van der Waals surface area contributed by atoms with Crippen LogP contribution in [0.3, 0.4) is 0 Å². The molecule has 2 aromatic rings. The van der Waals surface area contributed by atoms with Crippen molar-refractivity contribution >= 4 is 17.4 Å². The molecule has 0 aliphatic carbocycles. The predicted octanol–water partition coefficient (Wildman–Crippen LogP) is 3.30. The summed E-state index contributed by atoms with van der Waals surface area (Å²) >= 11 is 1.65. The van der Waals surface area contributed by atoms with Gasteiger partial charge in [0.25, 0.3) is 0 Å². The maximum absolute atomic E-state index is 12.1. The van der Waals surface area contributed by atoms with E-state index < -0.39 is 0 Å². The van der Waals surface area contributed by atoms with E-state index >= 15 is 0 Å². The minimum atomic E-state index is -0.111. The van der Waals surface area contributed by atoms with Crippen LogP contribution in [0.15, 0.2) is 47.8 Å². The zero-order valence-electron chi connectivity index (χ0n) is 13.1. The van der Waals surface area contributed by atoms with Crippen LogP contribution in [-0.2, 0) is 16.7 Å². The van der Waals surface area contributed by atoms with Gasteiger partial charge in [0.2, 0.25) is 0 Å². The highest BCUT2D eigenvalue weighted by atomic mass is 32.1. The van der Waals surface area contributed by atoms with Crippen molar-refractivity contribution in [3.8, 4) is 0 Å². The van der Waals surface area contributed by atoms with Gasteiger partial charge >= 0.3 is 6.03 Å². The molecule has 0 atom stereocenters. The first-order chi connectivity index (χ1) is 11.3. The van der Waals surface area contributed by atoms with E-state index in [0.717, 1.165) is 30.9 Å². The number of hydrogen-bond acceptors (Lipinski definition) is 3. The van der Waals surface area contributed by atoms with Gasteiger partial charge < -0.3 is 15.4 Å². The Morgan fingerprint density at radius 3 is 2.57 bits per heavy atom. The zero-order valence-corrected chi connectivity index (χ0v) is 13.9. The maximum Gasteiger partial charge on any atom is 0.315 e. The van der Waals surface area contributed by atoms with Crippen LogP contribution in [0.25, 0.3) is 0 Å². The fourth-order valence-electron chi connectivity index (χ4n) is 3.01. The summed E-state index contributed by atoms with van der Waals surface area (Å²) in [5.41, 5.74) is 1.25. The summed E-state index contributed by atoms with van der Waals surface area (Å²) in [6, 6.07) is 14.3. The van der Waals surface area contributed by atoms with Crippen molar-refractivity contribution in [1.82, 2.24) is 10.6 Å². The Morgan fingerprint density at radius 2 is 1.87 bits per heavy atom. The lowest BCUT2D eigenvalue weighted by molar-refractivity contribution is 0.0507. The number of carbonyl (C=O) groups excluding carboxylic acids is 1. The van der Waals surface area contributed by atoms with Gasteiger partial charge in [-0.25, -0.2) is 4.79 Å². The van der Waals surface area contributed by atoms with Crippen molar-refractivity contribution in [1.29, 1.82) is 0 Å². The first-order valence-corrected chi connectivity index (χ1v) is 8.84. The summed E-state index contributed by atoms with van der Waals surface area (Å²) in [6.07, 6.45) is 1.87. The van der Waals surface area contributed by atoms with Crippen LogP contribution in [0.1, 0.15) is 23.3 Å². The van der Waals surface area contributed by atoms with E-state index in [2.05, 4.69) is 34.9 Å². The number of nitrogens with one attached hydrogen (secondary N) is 2. The molecule has 1 aliphatic rings. The molecule has 23 heavy (non-hydrogen) atoms. The lowest BCUT2D eigenvalue weighted by Crippen LogP contribution is -2.47. The van der Waals surface area contributed by atoms with Crippen molar-refractivity contribution < 1.29 is 9.53 Å². The smallest absolute Gasteiger partial charge is 0.315 e. The molecule has 3 rings (SSSR count). The van der Waals surface area contributed by atoms with Crippen molar-refractivity contribution in [3.63, 3.8) is 0 Å². The third kappa shape index (κ3) is 4.12. The van der Waals surface area contributed by atoms with Gasteiger partial charge in [-0.1, -0.05) is 36.4 Å². The molecule has 1 fully saturated rings. The van der Waals surface area contributed by atoms with Gasteiger partial charge in [0, 0.05) is 30.1 Å². The van der Waals surface area contributed by atoms with E-state index in [1.165, 1.54) is 5.56 Å². The summed E-state index contributed by atoms with van der Waals surface area (Å²) in [5, 5.41) is 7.99. The fraction of sp³-hybridized carbons (Fsp3) is 0.389. The fourth-order valence-corrected chi connectivity index (χ4v) is 3.66. The van der Waals surface area contributed by atoms with E-state index in [0.29, 0.717) is 13.1 Å². The summed E-state index contributed by atoms with van der Waals surface area (Å²) in [5.74, 6) is 0. The normalized spacial score (nSPS) is 16.7. The maximum atomic E-state index is 12.1. The van der Waals surface area contributed by atoms with E-state index in [-0.39, 0.29) is 11.4 Å². The predicted molar refractivity (Wildman–Crippen MR) is 92.7 cm³/mol. The second-order valence-electron chi connectivity index (χ2n) is 5.87. The minimum absolute atomic E-state index is 0.0280. The van der Waals surface area contributed by atoms with Gasteiger partial charge in [-0.3, -0.25) is 0 Å². The van der Waals surface area contributed by atoms with E-state index in [1.807, 2.05) is 23.6 Å².